The van der Waals surface area contributed by atoms with Crippen molar-refractivity contribution in [1.29, 1.82) is 0 Å². The van der Waals surface area contributed by atoms with Gasteiger partial charge in [-0.15, -0.1) is 0 Å². The van der Waals surface area contributed by atoms with Crippen LogP contribution in [-0.4, -0.2) is 40.3 Å². The number of phosphoric acid groups is 1. The zero-order valence-corrected chi connectivity index (χ0v) is 21.3. The van der Waals surface area contributed by atoms with E-state index in [0.717, 1.165) is 57.4 Å². The van der Waals surface area contributed by atoms with Gasteiger partial charge in [0, 0.05) is 0 Å². The Kier molecular flexibility index (Phi) is 16.8. The Morgan fingerprint density at radius 2 is 1.24 bits per heavy atom. The monoisotopic (exact) mass is 488 g/mol. The van der Waals surface area contributed by atoms with E-state index >= 15 is 0 Å². The molecule has 1 rings (SSSR count). The Hall–Kier alpha value is -1.73. The van der Waals surface area contributed by atoms with Crippen LogP contribution in [0.15, 0.2) is 24.3 Å². The van der Waals surface area contributed by atoms with Gasteiger partial charge in [-0.1, -0.05) is 72.3 Å². The SMILES string of the molecule is CCCCC(CC)COP(=O)(O)OCC(CC)CCCC.O=C(O)c1cccc(C(=O)O)c1. The Labute approximate surface area is 197 Å². The number of carbonyl (C=O) groups is 2. The summed E-state index contributed by atoms with van der Waals surface area (Å²) in [6.45, 7) is 9.10. The summed E-state index contributed by atoms with van der Waals surface area (Å²) in [6, 6.07) is 5.20. The zero-order chi connectivity index (χ0) is 25.3. The van der Waals surface area contributed by atoms with Gasteiger partial charge in [-0.3, -0.25) is 9.05 Å². The highest BCUT2D eigenvalue weighted by Crippen LogP contribution is 2.44. The van der Waals surface area contributed by atoms with Crippen molar-refractivity contribution in [3.8, 4) is 0 Å². The number of hydrogen-bond acceptors (Lipinski definition) is 5. The van der Waals surface area contributed by atoms with Gasteiger partial charge in [-0.2, -0.15) is 0 Å². The van der Waals surface area contributed by atoms with Crippen LogP contribution in [0.5, 0.6) is 0 Å². The molecule has 8 nitrogen and oxygen atoms in total. The summed E-state index contributed by atoms with van der Waals surface area (Å²) >= 11 is 0. The predicted octanol–water partition coefficient (Wildman–Crippen LogP) is 6.64. The number of aromatic carboxylic acids is 2. The van der Waals surface area contributed by atoms with Crippen molar-refractivity contribution in [2.75, 3.05) is 13.2 Å². The van der Waals surface area contributed by atoms with E-state index < -0.39 is 19.8 Å². The Morgan fingerprint density at radius 1 is 0.848 bits per heavy atom. The summed E-state index contributed by atoms with van der Waals surface area (Å²) < 4.78 is 22.2. The second-order valence-electron chi connectivity index (χ2n) is 8.08. The second kappa shape index (κ2) is 17.7. The Morgan fingerprint density at radius 3 is 1.55 bits per heavy atom. The molecule has 9 heteroatoms. The smallest absolute Gasteiger partial charge is 0.472 e. The molecule has 0 amide bonds. The molecule has 0 spiro atoms. The van der Waals surface area contributed by atoms with Gasteiger partial charge in [0.15, 0.2) is 0 Å². The van der Waals surface area contributed by atoms with E-state index in [4.69, 9.17) is 19.3 Å². The van der Waals surface area contributed by atoms with E-state index in [9.17, 15) is 19.0 Å². The van der Waals surface area contributed by atoms with Crippen molar-refractivity contribution in [2.45, 2.75) is 79.1 Å². The molecule has 2 unspecified atom stereocenters. The Balaban J connectivity index is 0.000000716. The standard InChI is InChI=1S/C16H35O4P.C8H6O4/c1-5-9-11-15(7-3)13-19-21(17,18)20-14-16(8-4)12-10-6-2;9-7(10)5-2-1-3-6(4-5)8(11)12/h15-16H,5-14H2,1-4H3,(H,17,18);1-4H,(H,9,10)(H,11,12). The lowest BCUT2D eigenvalue weighted by Crippen LogP contribution is -2.12. The van der Waals surface area contributed by atoms with Crippen LogP contribution in [0, 0.1) is 11.8 Å². The molecular formula is C24H41O8P. The Bertz CT molecular complexity index is 684. The molecule has 0 aliphatic heterocycles. The molecule has 2 atom stereocenters. The molecular weight excluding hydrogens is 447 g/mol. The summed E-state index contributed by atoms with van der Waals surface area (Å²) in [5, 5.41) is 17.0. The third kappa shape index (κ3) is 14.9. The fourth-order valence-corrected chi connectivity index (χ4v) is 3.89. The van der Waals surface area contributed by atoms with E-state index in [1.54, 1.807) is 0 Å². The molecule has 0 saturated carbocycles. The highest BCUT2D eigenvalue weighted by molar-refractivity contribution is 7.47. The lowest BCUT2D eigenvalue weighted by molar-refractivity contribution is 0.0696. The largest absolute Gasteiger partial charge is 0.478 e. The molecule has 0 aliphatic carbocycles. The molecule has 33 heavy (non-hydrogen) atoms. The van der Waals surface area contributed by atoms with Crippen LogP contribution >= 0.6 is 7.82 Å². The maximum atomic E-state index is 11.9. The number of benzene rings is 1. The number of carboxylic acid groups (broad SMARTS) is 2. The third-order valence-corrected chi connectivity index (χ3v) is 6.34. The van der Waals surface area contributed by atoms with Crippen molar-refractivity contribution in [3.05, 3.63) is 35.4 Å². The number of unbranched alkanes of at least 4 members (excludes halogenated alkanes) is 2. The van der Waals surface area contributed by atoms with Gasteiger partial charge in [0.1, 0.15) is 0 Å². The molecule has 0 heterocycles. The third-order valence-electron chi connectivity index (χ3n) is 5.39. The van der Waals surface area contributed by atoms with E-state index in [2.05, 4.69) is 27.7 Å². The number of rotatable bonds is 16. The van der Waals surface area contributed by atoms with Crippen molar-refractivity contribution in [3.63, 3.8) is 0 Å². The highest BCUT2D eigenvalue weighted by Gasteiger charge is 2.24. The van der Waals surface area contributed by atoms with Crippen LogP contribution in [0.4, 0.5) is 0 Å². The molecule has 3 N–H and O–H groups in total. The minimum atomic E-state index is -3.89. The minimum absolute atomic E-state index is 0.0186. The van der Waals surface area contributed by atoms with E-state index in [0.29, 0.717) is 25.0 Å². The van der Waals surface area contributed by atoms with E-state index in [-0.39, 0.29) is 11.1 Å². The maximum Gasteiger partial charge on any atom is 0.472 e. The van der Waals surface area contributed by atoms with Gasteiger partial charge < -0.3 is 15.1 Å². The molecule has 0 radical (unpaired) electrons. The fraction of sp³-hybridized carbons (Fsp3) is 0.667. The maximum absolute atomic E-state index is 11.9. The van der Waals surface area contributed by atoms with Crippen LogP contribution in [-0.2, 0) is 13.6 Å². The summed E-state index contributed by atoms with van der Waals surface area (Å²) in [5.74, 6) is -1.57. The van der Waals surface area contributed by atoms with Crippen molar-refractivity contribution < 1.29 is 38.3 Å². The quantitative estimate of drug-likeness (QED) is 0.221. The summed E-state index contributed by atoms with van der Waals surface area (Å²) in [7, 11) is -3.89. The van der Waals surface area contributed by atoms with Crippen LogP contribution in [0.3, 0.4) is 0 Å². The molecule has 190 valence electrons. The number of carboxylic acids is 2. The van der Waals surface area contributed by atoms with Gasteiger partial charge in [0.2, 0.25) is 0 Å². The second-order valence-corrected chi connectivity index (χ2v) is 9.54. The van der Waals surface area contributed by atoms with Gasteiger partial charge in [-0.05, 0) is 42.9 Å². The van der Waals surface area contributed by atoms with Crippen LogP contribution in [0.25, 0.3) is 0 Å². The average Bonchev–Trinajstić information content (AvgIpc) is 2.79. The average molecular weight is 489 g/mol. The lowest BCUT2D eigenvalue weighted by atomic mass is 10.0. The van der Waals surface area contributed by atoms with Crippen LogP contribution in [0.1, 0.15) is 99.8 Å². The van der Waals surface area contributed by atoms with Gasteiger partial charge in [0.05, 0.1) is 24.3 Å². The predicted molar refractivity (Wildman–Crippen MR) is 129 cm³/mol. The first-order valence-corrected chi connectivity index (χ1v) is 13.3. The van der Waals surface area contributed by atoms with Crippen molar-refractivity contribution >= 4 is 19.8 Å². The number of phosphoric ester groups is 1. The number of hydrogen-bond donors (Lipinski definition) is 3. The molecule has 1 aromatic carbocycles. The van der Waals surface area contributed by atoms with E-state index in [1.165, 1.54) is 18.2 Å². The summed E-state index contributed by atoms with van der Waals surface area (Å²) in [6.07, 6.45) is 8.56. The van der Waals surface area contributed by atoms with E-state index in [1.807, 2.05) is 0 Å². The molecule has 1 aromatic rings. The highest BCUT2D eigenvalue weighted by atomic mass is 31.2. The van der Waals surface area contributed by atoms with Crippen molar-refractivity contribution in [1.82, 2.24) is 0 Å². The molecule has 0 aromatic heterocycles. The molecule has 0 bridgehead atoms. The van der Waals surface area contributed by atoms with Gasteiger partial charge >= 0.3 is 19.8 Å². The van der Waals surface area contributed by atoms with Crippen LogP contribution < -0.4 is 0 Å². The molecule has 0 fully saturated rings. The first kappa shape index (κ1) is 31.3. The summed E-state index contributed by atoms with van der Waals surface area (Å²) in [5.41, 5.74) is -0.0372. The van der Waals surface area contributed by atoms with Crippen molar-refractivity contribution in [2.24, 2.45) is 11.8 Å². The van der Waals surface area contributed by atoms with Gasteiger partial charge in [0.25, 0.3) is 0 Å². The molecule has 0 saturated heterocycles. The van der Waals surface area contributed by atoms with Crippen LogP contribution in [0.2, 0.25) is 0 Å². The lowest BCUT2D eigenvalue weighted by Gasteiger charge is -2.20. The normalized spacial score (nSPS) is 14.5. The minimum Gasteiger partial charge on any atom is -0.478 e. The van der Waals surface area contributed by atoms with Gasteiger partial charge in [-0.25, -0.2) is 14.2 Å². The first-order valence-electron chi connectivity index (χ1n) is 11.8. The topological polar surface area (TPSA) is 130 Å². The molecule has 0 aliphatic rings. The first-order chi connectivity index (χ1) is 15.6. The summed E-state index contributed by atoms with van der Waals surface area (Å²) in [4.78, 5) is 30.5. The fourth-order valence-electron chi connectivity index (χ4n) is 3.02. The zero-order valence-electron chi connectivity index (χ0n) is 20.4.